The van der Waals surface area contributed by atoms with E-state index in [1.54, 1.807) is 6.07 Å². The minimum Gasteiger partial charge on any atom is -0.325 e. The Balaban J connectivity index is 2.01. The number of aromatic amines is 1. The van der Waals surface area contributed by atoms with Gasteiger partial charge in [-0.2, -0.15) is 0 Å². The Labute approximate surface area is 106 Å². The summed E-state index contributed by atoms with van der Waals surface area (Å²) in [5.74, 6) is 1.24. The number of rotatable bonds is 0. The molecule has 94 valence electrons. The summed E-state index contributed by atoms with van der Waals surface area (Å²) in [5.41, 5.74) is 10.1. The van der Waals surface area contributed by atoms with Gasteiger partial charge in [0.05, 0.1) is 5.54 Å². The molecule has 18 heavy (non-hydrogen) atoms. The lowest BCUT2D eigenvalue weighted by Gasteiger charge is -2.70. The fraction of sp³-hybridized carbons (Fsp3) is 0.533. The fourth-order valence-corrected chi connectivity index (χ4v) is 5.05. The van der Waals surface area contributed by atoms with Gasteiger partial charge in [-0.3, -0.25) is 4.79 Å². The van der Waals surface area contributed by atoms with Gasteiger partial charge in [0, 0.05) is 17.2 Å². The molecule has 3 heteroatoms. The minimum atomic E-state index is -0.295. The Morgan fingerprint density at radius 2 is 2.28 bits per heavy atom. The first-order valence-corrected chi connectivity index (χ1v) is 6.75. The third-order valence-corrected chi connectivity index (χ3v) is 5.54. The molecule has 3 aliphatic rings. The van der Waals surface area contributed by atoms with E-state index in [0.29, 0.717) is 11.8 Å². The highest BCUT2D eigenvalue weighted by Crippen LogP contribution is 2.76. The van der Waals surface area contributed by atoms with Crippen LogP contribution in [0.2, 0.25) is 0 Å². The van der Waals surface area contributed by atoms with Gasteiger partial charge >= 0.3 is 0 Å². The molecule has 4 unspecified atom stereocenters. The van der Waals surface area contributed by atoms with Crippen LogP contribution in [0.1, 0.15) is 37.9 Å². The highest BCUT2D eigenvalue weighted by molar-refractivity contribution is 5.67. The first kappa shape index (κ1) is 10.6. The van der Waals surface area contributed by atoms with E-state index >= 15 is 0 Å². The van der Waals surface area contributed by atoms with Gasteiger partial charge in [0.2, 0.25) is 5.56 Å². The predicted molar refractivity (Wildman–Crippen MR) is 70.3 cm³/mol. The second-order valence-electron chi connectivity index (χ2n) is 6.23. The number of nitrogens with one attached hydrogen (secondary N) is 1. The summed E-state index contributed by atoms with van der Waals surface area (Å²) in [7, 11) is 0. The van der Waals surface area contributed by atoms with Crippen LogP contribution in [0.3, 0.4) is 0 Å². The Morgan fingerprint density at radius 1 is 1.50 bits per heavy atom. The van der Waals surface area contributed by atoms with E-state index in [9.17, 15) is 4.79 Å². The summed E-state index contributed by atoms with van der Waals surface area (Å²) in [6, 6.07) is 3.52. The van der Waals surface area contributed by atoms with Crippen LogP contribution in [0.4, 0.5) is 0 Å². The van der Waals surface area contributed by atoms with Crippen molar-refractivity contribution in [2.45, 2.75) is 37.6 Å². The molecule has 3 nitrogen and oxygen atoms in total. The molecule has 0 aliphatic heterocycles. The van der Waals surface area contributed by atoms with E-state index in [-0.39, 0.29) is 16.5 Å². The highest BCUT2D eigenvalue weighted by atomic mass is 16.1. The lowest BCUT2D eigenvalue weighted by Crippen LogP contribution is -2.76. The van der Waals surface area contributed by atoms with E-state index in [1.165, 1.54) is 12.0 Å². The number of fused-ring (bicyclic) bond motifs is 2. The summed E-state index contributed by atoms with van der Waals surface area (Å²) in [5, 5.41) is 0. The van der Waals surface area contributed by atoms with E-state index in [0.717, 1.165) is 17.7 Å². The van der Waals surface area contributed by atoms with E-state index in [1.807, 2.05) is 6.07 Å². The number of nitrogens with two attached hydrogens (primary N) is 1. The molecule has 2 fully saturated rings. The third kappa shape index (κ3) is 0.767. The van der Waals surface area contributed by atoms with Gasteiger partial charge in [-0.05, 0) is 48.8 Å². The molecule has 3 aliphatic carbocycles. The Kier molecular flexibility index (Phi) is 1.64. The number of aromatic nitrogens is 1. The Bertz CT molecular complexity index is 644. The standard InChI is InChI=1S/C15H18N2O/c1-3-9-11-6-8(2)7-14(11)13-10(15(9,14)16)4-5-12(18)17-13/h3-5,8,11H,6-7,16H2,1-2H3,(H,17,18)/b9-3+. The van der Waals surface area contributed by atoms with Crippen LogP contribution in [0.15, 0.2) is 28.6 Å². The predicted octanol–water partition coefficient (Wildman–Crippen LogP) is 1.79. The van der Waals surface area contributed by atoms with Crippen molar-refractivity contribution in [3.63, 3.8) is 0 Å². The Morgan fingerprint density at radius 3 is 3.00 bits per heavy atom. The minimum absolute atomic E-state index is 0.00240. The van der Waals surface area contributed by atoms with Gasteiger partial charge in [-0.25, -0.2) is 0 Å². The lowest BCUT2D eigenvalue weighted by molar-refractivity contribution is 0.0530. The number of H-pyrrole nitrogens is 1. The topological polar surface area (TPSA) is 58.9 Å². The van der Waals surface area contributed by atoms with Gasteiger partial charge in [0.1, 0.15) is 0 Å². The number of hydrogen-bond acceptors (Lipinski definition) is 2. The summed E-state index contributed by atoms with van der Waals surface area (Å²) in [6.07, 6.45) is 4.50. The molecule has 1 spiro atoms. The van der Waals surface area contributed by atoms with Crippen molar-refractivity contribution in [2.75, 3.05) is 0 Å². The van der Waals surface area contributed by atoms with Crippen LogP contribution >= 0.6 is 0 Å². The molecule has 0 amide bonds. The van der Waals surface area contributed by atoms with Crippen molar-refractivity contribution in [3.05, 3.63) is 45.4 Å². The van der Waals surface area contributed by atoms with Crippen molar-refractivity contribution in [1.82, 2.24) is 4.98 Å². The first-order chi connectivity index (χ1) is 8.55. The number of allylic oxidation sites excluding steroid dienone is 1. The van der Waals surface area contributed by atoms with Crippen LogP contribution in [0.25, 0.3) is 0 Å². The third-order valence-electron chi connectivity index (χ3n) is 5.54. The zero-order valence-corrected chi connectivity index (χ0v) is 10.8. The van der Waals surface area contributed by atoms with Crippen LogP contribution < -0.4 is 11.3 Å². The molecule has 4 rings (SSSR count). The van der Waals surface area contributed by atoms with Gasteiger partial charge < -0.3 is 10.7 Å². The average Bonchev–Trinajstić information content (AvgIpc) is 2.67. The maximum Gasteiger partial charge on any atom is 0.248 e. The van der Waals surface area contributed by atoms with Crippen molar-refractivity contribution >= 4 is 0 Å². The van der Waals surface area contributed by atoms with Crippen LogP contribution in [0, 0.1) is 11.8 Å². The number of pyridine rings is 1. The van der Waals surface area contributed by atoms with Crippen molar-refractivity contribution in [3.8, 4) is 0 Å². The SMILES string of the molecule is C/C=C1\C2CC(C)CC23c2[nH]c(=O)ccc2C13N. The van der Waals surface area contributed by atoms with E-state index in [4.69, 9.17) is 5.73 Å². The molecule has 0 saturated heterocycles. The smallest absolute Gasteiger partial charge is 0.248 e. The van der Waals surface area contributed by atoms with Crippen LogP contribution in [-0.2, 0) is 11.0 Å². The number of hydrogen-bond donors (Lipinski definition) is 2. The van der Waals surface area contributed by atoms with Crippen molar-refractivity contribution in [2.24, 2.45) is 17.6 Å². The molecule has 0 bridgehead atoms. The molecule has 0 radical (unpaired) electrons. The summed E-state index contributed by atoms with van der Waals surface area (Å²) < 4.78 is 0. The van der Waals surface area contributed by atoms with Gasteiger partial charge in [0.15, 0.2) is 0 Å². The first-order valence-electron chi connectivity index (χ1n) is 6.75. The maximum absolute atomic E-state index is 11.6. The highest BCUT2D eigenvalue weighted by Gasteiger charge is 2.78. The quantitative estimate of drug-likeness (QED) is 0.681. The largest absolute Gasteiger partial charge is 0.325 e. The molecule has 1 heterocycles. The van der Waals surface area contributed by atoms with Gasteiger partial charge in [-0.1, -0.05) is 13.0 Å². The second-order valence-corrected chi connectivity index (χ2v) is 6.23. The lowest BCUT2D eigenvalue weighted by atomic mass is 9.36. The normalized spacial score (nSPS) is 45.8. The van der Waals surface area contributed by atoms with Crippen LogP contribution in [0.5, 0.6) is 0 Å². The summed E-state index contributed by atoms with van der Waals surface area (Å²) in [4.78, 5) is 14.6. The molecule has 2 saturated carbocycles. The van der Waals surface area contributed by atoms with E-state index in [2.05, 4.69) is 24.9 Å². The van der Waals surface area contributed by atoms with Crippen molar-refractivity contribution in [1.29, 1.82) is 0 Å². The van der Waals surface area contributed by atoms with Crippen LogP contribution in [-0.4, -0.2) is 4.98 Å². The summed E-state index contributed by atoms with van der Waals surface area (Å²) >= 11 is 0. The maximum atomic E-state index is 11.6. The summed E-state index contributed by atoms with van der Waals surface area (Å²) in [6.45, 7) is 4.38. The van der Waals surface area contributed by atoms with Gasteiger partial charge in [-0.15, -0.1) is 0 Å². The second kappa shape index (κ2) is 2.80. The zero-order valence-electron chi connectivity index (χ0n) is 10.8. The average molecular weight is 242 g/mol. The zero-order chi connectivity index (χ0) is 12.7. The molecule has 3 N–H and O–H groups in total. The molecule has 1 aromatic rings. The fourth-order valence-electron chi connectivity index (χ4n) is 5.05. The molecule has 0 aromatic carbocycles. The van der Waals surface area contributed by atoms with E-state index < -0.39 is 0 Å². The molecule has 4 atom stereocenters. The van der Waals surface area contributed by atoms with Crippen molar-refractivity contribution < 1.29 is 0 Å². The monoisotopic (exact) mass is 242 g/mol. The molecular formula is C15H18N2O. The molecular weight excluding hydrogens is 224 g/mol. The molecule has 1 aromatic heterocycles. The Hall–Kier alpha value is -1.35. The van der Waals surface area contributed by atoms with Gasteiger partial charge in [0.25, 0.3) is 0 Å².